The summed E-state index contributed by atoms with van der Waals surface area (Å²) in [4.78, 5) is 12.2. The Balaban J connectivity index is 2.05. The number of nitrogens with zero attached hydrogens (tertiary/aromatic N) is 2. The average molecular weight is 414 g/mol. The standard InChI is InChI=1S/C20H20BrN3O2/c1-12(2)23-20(25)18-9-13(11-22-24-18)15-5-4-6-16(15)17-10-14(21)7-8-19(17)26-3/h7-11H,1,4-6H2,2-3H3,(H,23,25). The maximum absolute atomic E-state index is 12.2. The van der Waals surface area contributed by atoms with Crippen LogP contribution < -0.4 is 10.1 Å². The van der Waals surface area contributed by atoms with Crippen LogP contribution in [0.15, 0.2) is 47.2 Å². The molecule has 1 amide bonds. The summed E-state index contributed by atoms with van der Waals surface area (Å²) in [6.07, 6.45) is 4.65. The Morgan fingerprint density at radius 3 is 2.77 bits per heavy atom. The number of ether oxygens (including phenoxy) is 1. The number of amides is 1. The molecule has 5 nitrogen and oxygen atoms in total. The van der Waals surface area contributed by atoms with E-state index in [0.717, 1.165) is 40.6 Å². The number of benzene rings is 1. The third-order valence-corrected chi connectivity index (χ3v) is 4.76. The zero-order chi connectivity index (χ0) is 18.7. The number of carbonyl (C=O) groups excluding carboxylic acids is 1. The van der Waals surface area contributed by atoms with Crippen molar-refractivity contribution in [3.63, 3.8) is 0 Å². The normalized spacial score (nSPS) is 13.7. The summed E-state index contributed by atoms with van der Waals surface area (Å²) in [5.74, 6) is 0.539. The van der Waals surface area contributed by atoms with Crippen LogP contribution in [-0.2, 0) is 0 Å². The summed E-state index contributed by atoms with van der Waals surface area (Å²) < 4.78 is 6.55. The van der Waals surface area contributed by atoms with E-state index >= 15 is 0 Å². The van der Waals surface area contributed by atoms with E-state index < -0.39 is 0 Å². The average Bonchev–Trinajstić information content (AvgIpc) is 3.11. The zero-order valence-corrected chi connectivity index (χ0v) is 16.4. The number of hydrogen-bond acceptors (Lipinski definition) is 4. The Bertz CT molecular complexity index is 906. The molecule has 0 unspecified atom stereocenters. The highest BCUT2D eigenvalue weighted by Gasteiger charge is 2.22. The van der Waals surface area contributed by atoms with E-state index in [9.17, 15) is 4.79 Å². The molecule has 0 fully saturated rings. The minimum atomic E-state index is -0.299. The van der Waals surface area contributed by atoms with Gasteiger partial charge in [-0.15, -0.1) is 5.10 Å². The largest absolute Gasteiger partial charge is 0.496 e. The van der Waals surface area contributed by atoms with Crippen molar-refractivity contribution in [3.8, 4) is 5.75 Å². The van der Waals surface area contributed by atoms with Crippen LogP contribution in [-0.4, -0.2) is 23.2 Å². The van der Waals surface area contributed by atoms with Crippen molar-refractivity contribution in [3.05, 3.63) is 64.0 Å². The topological polar surface area (TPSA) is 64.1 Å². The fourth-order valence-electron chi connectivity index (χ4n) is 3.18. The second-order valence-corrected chi connectivity index (χ2v) is 7.13. The van der Waals surface area contributed by atoms with Gasteiger partial charge in [-0.05, 0) is 61.6 Å². The van der Waals surface area contributed by atoms with Crippen molar-refractivity contribution in [2.24, 2.45) is 0 Å². The molecule has 2 aromatic rings. The van der Waals surface area contributed by atoms with Crippen LogP contribution in [0.1, 0.15) is 47.8 Å². The molecule has 0 radical (unpaired) electrons. The lowest BCUT2D eigenvalue weighted by Gasteiger charge is -2.13. The molecule has 1 N–H and O–H groups in total. The first kappa shape index (κ1) is 18.3. The highest BCUT2D eigenvalue weighted by Crippen LogP contribution is 2.43. The van der Waals surface area contributed by atoms with Gasteiger partial charge >= 0.3 is 0 Å². The molecule has 1 aliphatic rings. The molecule has 1 aromatic heterocycles. The van der Waals surface area contributed by atoms with E-state index in [1.807, 2.05) is 12.1 Å². The lowest BCUT2D eigenvalue weighted by Crippen LogP contribution is -2.22. The van der Waals surface area contributed by atoms with E-state index in [4.69, 9.17) is 4.74 Å². The Hall–Kier alpha value is -2.47. The van der Waals surface area contributed by atoms with Crippen LogP contribution in [0.3, 0.4) is 0 Å². The van der Waals surface area contributed by atoms with Crippen molar-refractivity contribution in [2.45, 2.75) is 26.2 Å². The molecule has 0 atom stereocenters. The number of carbonyl (C=O) groups is 1. The molecule has 3 rings (SSSR count). The van der Waals surface area contributed by atoms with Crippen LogP contribution in [0.5, 0.6) is 5.75 Å². The molecule has 0 saturated carbocycles. The van der Waals surface area contributed by atoms with E-state index in [1.165, 1.54) is 11.1 Å². The summed E-state index contributed by atoms with van der Waals surface area (Å²) in [7, 11) is 1.68. The minimum absolute atomic E-state index is 0.283. The Morgan fingerprint density at radius 2 is 2.04 bits per heavy atom. The molecule has 0 aliphatic heterocycles. The number of nitrogens with one attached hydrogen (secondary N) is 1. The van der Waals surface area contributed by atoms with Crippen molar-refractivity contribution in [2.75, 3.05) is 7.11 Å². The van der Waals surface area contributed by atoms with Crippen molar-refractivity contribution in [1.29, 1.82) is 0 Å². The monoisotopic (exact) mass is 413 g/mol. The maximum atomic E-state index is 12.2. The lowest BCUT2D eigenvalue weighted by atomic mass is 9.97. The highest BCUT2D eigenvalue weighted by molar-refractivity contribution is 9.10. The van der Waals surface area contributed by atoms with Gasteiger partial charge in [-0.1, -0.05) is 22.5 Å². The van der Waals surface area contributed by atoms with Crippen LogP contribution in [0.2, 0.25) is 0 Å². The number of hydrogen-bond donors (Lipinski definition) is 1. The van der Waals surface area contributed by atoms with Gasteiger partial charge < -0.3 is 10.1 Å². The second kappa shape index (κ2) is 7.83. The summed E-state index contributed by atoms with van der Waals surface area (Å²) in [5.41, 5.74) is 5.25. The van der Waals surface area contributed by atoms with Crippen LogP contribution in [0, 0.1) is 0 Å². The van der Waals surface area contributed by atoms with Gasteiger partial charge in [0.1, 0.15) is 5.75 Å². The second-order valence-electron chi connectivity index (χ2n) is 6.22. The fraction of sp³-hybridized carbons (Fsp3) is 0.250. The number of aromatic nitrogens is 2. The predicted octanol–water partition coefficient (Wildman–Crippen LogP) is 4.61. The maximum Gasteiger partial charge on any atom is 0.275 e. The molecule has 134 valence electrons. The fourth-order valence-corrected chi connectivity index (χ4v) is 3.54. The highest BCUT2D eigenvalue weighted by atomic mass is 79.9. The molecule has 0 saturated heterocycles. The first-order valence-electron chi connectivity index (χ1n) is 8.35. The SMILES string of the molecule is C=C(C)NC(=O)c1cc(C2=C(c3cc(Br)ccc3OC)CCC2)cnn1. The van der Waals surface area contributed by atoms with Gasteiger partial charge in [0.15, 0.2) is 5.69 Å². The number of methoxy groups -OCH3 is 1. The third-order valence-electron chi connectivity index (χ3n) is 4.27. The van der Waals surface area contributed by atoms with E-state index in [2.05, 4.69) is 44.1 Å². The van der Waals surface area contributed by atoms with Crippen molar-refractivity contribution in [1.82, 2.24) is 15.5 Å². The number of halogens is 1. The van der Waals surface area contributed by atoms with Crippen LogP contribution in [0.4, 0.5) is 0 Å². The van der Waals surface area contributed by atoms with Gasteiger partial charge in [0, 0.05) is 21.3 Å². The molecule has 1 aliphatic carbocycles. The molecular weight excluding hydrogens is 394 g/mol. The van der Waals surface area contributed by atoms with Gasteiger partial charge in [-0.25, -0.2) is 0 Å². The van der Waals surface area contributed by atoms with Gasteiger partial charge in [-0.3, -0.25) is 4.79 Å². The summed E-state index contributed by atoms with van der Waals surface area (Å²) >= 11 is 3.54. The first-order chi connectivity index (χ1) is 12.5. The Labute approximate surface area is 161 Å². The molecule has 0 bridgehead atoms. The Morgan fingerprint density at radius 1 is 1.27 bits per heavy atom. The number of rotatable bonds is 5. The smallest absolute Gasteiger partial charge is 0.275 e. The quantitative estimate of drug-likeness (QED) is 0.777. The van der Waals surface area contributed by atoms with Crippen LogP contribution >= 0.6 is 15.9 Å². The van der Waals surface area contributed by atoms with E-state index in [-0.39, 0.29) is 11.6 Å². The van der Waals surface area contributed by atoms with Gasteiger partial charge in [0.05, 0.1) is 13.3 Å². The summed E-state index contributed by atoms with van der Waals surface area (Å²) in [6, 6.07) is 7.78. The lowest BCUT2D eigenvalue weighted by molar-refractivity contribution is 0.0960. The predicted molar refractivity (Wildman–Crippen MR) is 106 cm³/mol. The zero-order valence-electron chi connectivity index (χ0n) is 14.8. The van der Waals surface area contributed by atoms with Crippen molar-refractivity contribution < 1.29 is 9.53 Å². The van der Waals surface area contributed by atoms with Gasteiger partial charge in [0.2, 0.25) is 0 Å². The molecule has 26 heavy (non-hydrogen) atoms. The molecule has 6 heteroatoms. The molecular formula is C20H20BrN3O2. The first-order valence-corrected chi connectivity index (χ1v) is 9.15. The van der Waals surface area contributed by atoms with Crippen molar-refractivity contribution >= 4 is 33.0 Å². The molecule has 1 aromatic carbocycles. The summed E-state index contributed by atoms with van der Waals surface area (Å²) in [5, 5.41) is 10.6. The Kier molecular flexibility index (Phi) is 5.52. The van der Waals surface area contributed by atoms with Gasteiger partial charge in [-0.2, -0.15) is 5.10 Å². The van der Waals surface area contributed by atoms with Gasteiger partial charge in [0.25, 0.3) is 5.91 Å². The number of allylic oxidation sites excluding steroid dienone is 3. The van der Waals surface area contributed by atoms with Crippen LogP contribution in [0.25, 0.3) is 11.1 Å². The third kappa shape index (κ3) is 3.85. The summed E-state index contributed by atoms with van der Waals surface area (Å²) in [6.45, 7) is 5.42. The molecule has 1 heterocycles. The van der Waals surface area contributed by atoms with E-state index in [0.29, 0.717) is 5.70 Å². The molecule has 0 spiro atoms. The minimum Gasteiger partial charge on any atom is -0.496 e. The van der Waals surface area contributed by atoms with E-state index in [1.54, 1.807) is 26.3 Å².